The Balaban J connectivity index is 1.91. The standard InChI is InChI=1S/C14H18ClNO4S/c1-10-7-11(15)3-4-12(10)20-8-13(17)16-14(2)5-6-21(18,19)9-14/h3-4,7H,5-6,8-9H2,1-2H3,(H,16,17)/t14-/m0/s1. The quantitative estimate of drug-likeness (QED) is 0.911. The molecule has 5 nitrogen and oxygen atoms in total. The number of carbonyl (C=O) groups is 1. The van der Waals surface area contributed by atoms with Crippen molar-refractivity contribution in [3.8, 4) is 5.75 Å². The predicted molar refractivity (Wildman–Crippen MR) is 81.5 cm³/mol. The number of nitrogens with one attached hydrogen (secondary N) is 1. The van der Waals surface area contributed by atoms with Crippen LogP contribution in [0.4, 0.5) is 0 Å². The third-order valence-corrected chi connectivity index (χ3v) is 5.58. The second-order valence-corrected chi connectivity index (χ2v) is 8.27. The number of hydrogen-bond acceptors (Lipinski definition) is 4. The van der Waals surface area contributed by atoms with E-state index in [1.54, 1.807) is 25.1 Å². The van der Waals surface area contributed by atoms with Gasteiger partial charge in [-0.15, -0.1) is 0 Å². The van der Waals surface area contributed by atoms with Crippen molar-refractivity contribution in [3.05, 3.63) is 28.8 Å². The molecule has 0 unspecified atom stereocenters. The highest BCUT2D eigenvalue weighted by Gasteiger charge is 2.39. The van der Waals surface area contributed by atoms with Gasteiger partial charge in [-0.3, -0.25) is 4.79 Å². The van der Waals surface area contributed by atoms with Gasteiger partial charge in [-0.2, -0.15) is 0 Å². The van der Waals surface area contributed by atoms with E-state index in [1.165, 1.54) is 0 Å². The smallest absolute Gasteiger partial charge is 0.258 e. The van der Waals surface area contributed by atoms with Gasteiger partial charge >= 0.3 is 0 Å². The number of sulfone groups is 1. The first-order chi connectivity index (χ1) is 9.69. The lowest BCUT2D eigenvalue weighted by molar-refractivity contribution is -0.124. The van der Waals surface area contributed by atoms with Crippen LogP contribution < -0.4 is 10.1 Å². The van der Waals surface area contributed by atoms with Crippen LogP contribution in [0.15, 0.2) is 18.2 Å². The van der Waals surface area contributed by atoms with Gasteiger partial charge in [0.05, 0.1) is 17.0 Å². The maximum atomic E-state index is 11.9. The number of amides is 1. The molecule has 0 aromatic heterocycles. The molecule has 7 heteroatoms. The summed E-state index contributed by atoms with van der Waals surface area (Å²) >= 11 is 5.85. The lowest BCUT2D eigenvalue weighted by Gasteiger charge is -2.23. The van der Waals surface area contributed by atoms with E-state index in [9.17, 15) is 13.2 Å². The van der Waals surface area contributed by atoms with Crippen molar-refractivity contribution in [1.29, 1.82) is 0 Å². The predicted octanol–water partition coefficient (Wildman–Crippen LogP) is 1.72. The van der Waals surface area contributed by atoms with Crippen molar-refractivity contribution < 1.29 is 17.9 Å². The van der Waals surface area contributed by atoms with Gasteiger partial charge in [-0.25, -0.2) is 8.42 Å². The van der Waals surface area contributed by atoms with Gasteiger partial charge in [-0.1, -0.05) is 11.6 Å². The summed E-state index contributed by atoms with van der Waals surface area (Å²) in [5.41, 5.74) is 0.138. The van der Waals surface area contributed by atoms with Gasteiger partial charge in [0.15, 0.2) is 16.4 Å². The molecule has 116 valence electrons. The monoisotopic (exact) mass is 331 g/mol. The van der Waals surface area contributed by atoms with Crippen molar-refractivity contribution in [3.63, 3.8) is 0 Å². The van der Waals surface area contributed by atoms with E-state index in [4.69, 9.17) is 16.3 Å². The zero-order valence-electron chi connectivity index (χ0n) is 12.0. The Morgan fingerprint density at radius 1 is 1.48 bits per heavy atom. The van der Waals surface area contributed by atoms with Crippen LogP contribution in [0.3, 0.4) is 0 Å². The Morgan fingerprint density at radius 2 is 2.19 bits per heavy atom. The van der Waals surface area contributed by atoms with Gasteiger partial charge in [0.25, 0.3) is 5.91 Å². The second-order valence-electron chi connectivity index (χ2n) is 5.65. The molecule has 21 heavy (non-hydrogen) atoms. The fraction of sp³-hybridized carbons (Fsp3) is 0.500. The summed E-state index contributed by atoms with van der Waals surface area (Å²) < 4.78 is 28.4. The summed E-state index contributed by atoms with van der Waals surface area (Å²) in [6, 6.07) is 5.14. The molecule has 0 aliphatic carbocycles. The van der Waals surface area contributed by atoms with Crippen molar-refractivity contribution in [2.45, 2.75) is 25.8 Å². The molecule has 1 amide bonds. The Hall–Kier alpha value is -1.27. The van der Waals surface area contributed by atoms with Gasteiger partial charge in [0.2, 0.25) is 0 Å². The average molecular weight is 332 g/mol. The molecule has 1 saturated heterocycles. The average Bonchev–Trinajstić information content (AvgIpc) is 2.62. The van der Waals surface area contributed by atoms with Crippen molar-refractivity contribution in [1.82, 2.24) is 5.32 Å². The van der Waals surface area contributed by atoms with E-state index in [2.05, 4.69) is 5.32 Å². The number of benzene rings is 1. The highest BCUT2D eigenvalue weighted by molar-refractivity contribution is 7.91. The molecule has 2 rings (SSSR count). The molecular weight excluding hydrogens is 314 g/mol. The van der Waals surface area contributed by atoms with Crippen LogP contribution in [-0.2, 0) is 14.6 Å². The van der Waals surface area contributed by atoms with E-state index >= 15 is 0 Å². The molecule has 1 N–H and O–H groups in total. The molecule has 1 aliphatic rings. The van der Waals surface area contributed by atoms with Crippen LogP contribution in [0.25, 0.3) is 0 Å². The van der Waals surface area contributed by atoms with E-state index in [0.717, 1.165) is 5.56 Å². The van der Waals surface area contributed by atoms with Crippen LogP contribution >= 0.6 is 11.6 Å². The van der Waals surface area contributed by atoms with E-state index in [0.29, 0.717) is 17.2 Å². The fourth-order valence-electron chi connectivity index (χ4n) is 2.40. The molecule has 1 heterocycles. The lowest BCUT2D eigenvalue weighted by Crippen LogP contribution is -2.48. The molecular formula is C14H18ClNO4S. The first-order valence-corrected chi connectivity index (χ1v) is 8.79. The van der Waals surface area contributed by atoms with Gasteiger partial charge in [-0.05, 0) is 44.0 Å². The van der Waals surface area contributed by atoms with Gasteiger partial charge in [0.1, 0.15) is 5.75 Å². The van der Waals surface area contributed by atoms with Crippen LogP contribution in [0.1, 0.15) is 18.9 Å². The third kappa shape index (κ3) is 4.35. The minimum atomic E-state index is -3.05. The number of hydrogen-bond donors (Lipinski definition) is 1. The number of carbonyl (C=O) groups excluding carboxylic acids is 1. The maximum Gasteiger partial charge on any atom is 0.258 e. The van der Waals surface area contributed by atoms with Crippen molar-refractivity contribution >= 4 is 27.3 Å². The third-order valence-electron chi connectivity index (χ3n) is 3.44. The number of rotatable bonds is 4. The number of halogens is 1. The molecule has 1 aromatic carbocycles. The van der Waals surface area contributed by atoms with E-state index < -0.39 is 15.4 Å². The Labute approximate surface area is 129 Å². The summed E-state index contributed by atoms with van der Waals surface area (Å²) in [5.74, 6) is 0.342. The summed E-state index contributed by atoms with van der Waals surface area (Å²) in [7, 11) is -3.05. The van der Waals surface area contributed by atoms with Crippen LogP contribution in [0.2, 0.25) is 5.02 Å². The summed E-state index contributed by atoms with van der Waals surface area (Å²) in [6.07, 6.45) is 0.432. The highest BCUT2D eigenvalue weighted by Crippen LogP contribution is 2.23. The zero-order chi connectivity index (χ0) is 15.7. The topological polar surface area (TPSA) is 72.5 Å². The molecule has 1 fully saturated rings. The fourth-order valence-corrected chi connectivity index (χ4v) is 4.72. The lowest BCUT2D eigenvalue weighted by atomic mass is 10.0. The van der Waals surface area contributed by atoms with Crippen LogP contribution in [-0.4, -0.2) is 38.0 Å². The summed E-state index contributed by atoms with van der Waals surface area (Å²) in [5, 5.41) is 3.35. The van der Waals surface area contributed by atoms with Crippen LogP contribution in [0, 0.1) is 6.92 Å². The molecule has 1 aromatic rings. The molecule has 0 spiro atoms. The summed E-state index contributed by atoms with van der Waals surface area (Å²) in [4.78, 5) is 11.9. The zero-order valence-corrected chi connectivity index (χ0v) is 13.6. The molecule has 1 aliphatic heterocycles. The first-order valence-electron chi connectivity index (χ1n) is 6.60. The van der Waals surface area contributed by atoms with Crippen molar-refractivity contribution in [2.75, 3.05) is 18.1 Å². The Kier molecular flexibility index (Phi) is 4.49. The molecule has 0 bridgehead atoms. The largest absolute Gasteiger partial charge is 0.484 e. The maximum absolute atomic E-state index is 11.9. The van der Waals surface area contributed by atoms with E-state index in [-0.39, 0.29) is 24.0 Å². The molecule has 0 radical (unpaired) electrons. The first kappa shape index (κ1) is 16.1. The normalized spacial score (nSPS) is 23.8. The SMILES string of the molecule is Cc1cc(Cl)ccc1OCC(=O)N[C@@]1(C)CCS(=O)(=O)C1. The minimum Gasteiger partial charge on any atom is -0.484 e. The van der Waals surface area contributed by atoms with Gasteiger partial charge in [0, 0.05) is 5.02 Å². The minimum absolute atomic E-state index is 0.0221. The number of aryl methyl sites for hydroxylation is 1. The number of ether oxygens (including phenoxy) is 1. The Bertz CT molecular complexity index is 659. The Morgan fingerprint density at radius 3 is 2.76 bits per heavy atom. The highest BCUT2D eigenvalue weighted by atomic mass is 35.5. The van der Waals surface area contributed by atoms with Crippen LogP contribution in [0.5, 0.6) is 5.75 Å². The molecule has 1 atom stereocenters. The van der Waals surface area contributed by atoms with E-state index in [1.807, 2.05) is 6.92 Å². The molecule has 0 saturated carbocycles. The second kappa shape index (κ2) is 5.85. The van der Waals surface area contributed by atoms with Gasteiger partial charge < -0.3 is 10.1 Å². The van der Waals surface area contributed by atoms with Crippen molar-refractivity contribution in [2.24, 2.45) is 0 Å². The summed E-state index contributed by atoms with van der Waals surface area (Å²) in [6.45, 7) is 3.42.